The zero-order valence-corrected chi connectivity index (χ0v) is 15.2. The monoisotopic (exact) mass is 374 g/mol. The van der Waals surface area contributed by atoms with E-state index in [9.17, 15) is 13.2 Å². The summed E-state index contributed by atoms with van der Waals surface area (Å²) in [5, 5.41) is 0. The van der Waals surface area contributed by atoms with Crippen LogP contribution in [0.15, 0.2) is 59.5 Å². The van der Waals surface area contributed by atoms with Gasteiger partial charge in [0.2, 0.25) is 15.9 Å². The smallest absolute Gasteiger partial charge is 0.246 e. The van der Waals surface area contributed by atoms with Gasteiger partial charge < -0.3 is 4.90 Å². The van der Waals surface area contributed by atoms with Gasteiger partial charge in [-0.15, -0.1) is 11.8 Å². The average molecular weight is 374 g/mol. The summed E-state index contributed by atoms with van der Waals surface area (Å²) in [5.74, 6) is 0.668. The molecule has 5 nitrogen and oxygen atoms in total. The van der Waals surface area contributed by atoms with E-state index >= 15 is 0 Å². The molecule has 1 fully saturated rings. The van der Waals surface area contributed by atoms with E-state index < -0.39 is 16.1 Å². The molecule has 2 aliphatic heterocycles. The third kappa shape index (κ3) is 2.86. The van der Waals surface area contributed by atoms with E-state index in [0.717, 1.165) is 17.7 Å². The van der Waals surface area contributed by atoms with E-state index in [4.69, 9.17) is 0 Å². The number of sulfonamides is 1. The van der Waals surface area contributed by atoms with Gasteiger partial charge in [-0.05, 0) is 30.2 Å². The highest BCUT2D eigenvalue weighted by atomic mass is 32.2. The number of fused-ring (bicyclic) bond motifs is 1. The topological polar surface area (TPSA) is 57.7 Å². The van der Waals surface area contributed by atoms with Crippen LogP contribution >= 0.6 is 11.8 Å². The van der Waals surface area contributed by atoms with Crippen LogP contribution in [0.1, 0.15) is 5.56 Å². The fraction of sp³-hybridized carbons (Fsp3) is 0.278. The van der Waals surface area contributed by atoms with Crippen LogP contribution in [0.5, 0.6) is 0 Å². The first-order chi connectivity index (χ1) is 12.1. The van der Waals surface area contributed by atoms with Crippen LogP contribution in [-0.2, 0) is 21.2 Å². The molecule has 0 aromatic heterocycles. The molecule has 0 aliphatic carbocycles. The van der Waals surface area contributed by atoms with Gasteiger partial charge in [0.25, 0.3) is 0 Å². The predicted octanol–water partition coefficient (Wildman–Crippen LogP) is 2.34. The van der Waals surface area contributed by atoms with Crippen molar-refractivity contribution in [2.75, 3.05) is 23.1 Å². The molecule has 0 bridgehead atoms. The Morgan fingerprint density at radius 3 is 2.56 bits per heavy atom. The van der Waals surface area contributed by atoms with Crippen molar-refractivity contribution in [1.29, 1.82) is 0 Å². The second kappa shape index (κ2) is 6.48. The number of amides is 1. The Labute approximate surface area is 151 Å². The number of benzene rings is 2. The third-order valence-electron chi connectivity index (χ3n) is 4.63. The second-order valence-corrected chi connectivity index (χ2v) is 8.98. The molecule has 4 rings (SSSR count). The van der Waals surface area contributed by atoms with Gasteiger partial charge in [-0.1, -0.05) is 36.4 Å². The Hall–Kier alpha value is -1.83. The fourth-order valence-electron chi connectivity index (χ4n) is 3.33. The normalized spacial score (nSPS) is 20.6. The molecular weight excluding hydrogens is 356 g/mol. The van der Waals surface area contributed by atoms with Crippen molar-refractivity contribution in [3.8, 4) is 0 Å². The van der Waals surface area contributed by atoms with Gasteiger partial charge in [-0.25, -0.2) is 8.42 Å². The molecule has 7 heteroatoms. The van der Waals surface area contributed by atoms with Crippen molar-refractivity contribution in [3.05, 3.63) is 60.2 Å². The van der Waals surface area contributed by atoms with E-state index in [1.54, 1.807) is 35.2 Å². The number of thioether (sulfide) groups is 1. The minimum atomic E-state index is -3.67. The van der Waals surface area contributed by atoms with Crippen LogP contribution in [0.2, 0.25) is 0 Å². The van der Waals surface area contributed by atoms with E-state index in [0.29, 0.717) is 18.2 Å². The van der Waals surface area contributed by atoms with Gasteiger partial charge in [0, 0.05) is 18.0 Å². The van der Waals surface area contributed by atoms with Crippen molar-refractivity contribution >= 4 is 33.4 Å². The maximum absolute atomic E-state index is 13.1. The highest BCUT2D eigenvalue weighted by Gasteiger charge is 2.42. The lowest BCUT2D eigenvalue weighted by molar-refractivity contribution is -0.121. The quantitative estimate of drug-likeness (QED) is 0.827. The largest absolute Gasteiger partial charge is 0.310 e. The predicted molar refractivity (Wildman–Crippen MR) is 99.1 cm³/mol. The molecule has 1 unspecified atom stereocenters. The van der Waals surface area contributed by atoms with Gasteiger partial charge in [0.05, 0.1) is 10.8 Å². The molecule has 25 heavy (non-hydrogen) atoms. The van der Waals surface area contributed by atoms with E-state index in [2.05, 4.69) is 0 Å². The Balaban J connectivity index is 1.63. The number of hydrogen-bond donors (Lipinski definition) is 0. The number of anilines is 1. The number of nitrogens with zero attached hydrogens (tertiary/aromatic N) is 2. The third-order valence-corrected chi connectivity index (χ3v) is 7.67. The summed E-state index contributed by atoms with van der Waals surface area (Å²) in [6, 6.07) is 15.5. The summed E-state index contributed by atoms with van der Waals surface area (Å²) in [5.41, 5.74) is 2.04. The van der Waals surface area contributed by atoms with Gasteiger partial charge >= 0.3 is 0 Å². The Kier molecular flexibility index (Phi) is 4.31. The summed E-state index contributed by atoms with van der Waals surface area (Å²) in [6.07, 6.45) is 0.813. The first kappa shape index (κ1) is 16.6. The van der Waals surface area contributed by atoms with Crippen molar-refractivity contribution < 1.29 is 13.2 Å². The molecule has 0 N–H and O–H groups in total. The molecule has 0 saturated carbocycles. The van der Waals surface area contributed by atoms with Crippen molar-refractivity contribution in [2.45, 2.75) is 17.4 Å². The molecule has 2 aromatic rings. The number of hydrogen-bond acceptors (Lipinski definition) is 4. The van der Waals surface area contributed by atoms with Gasteiger partial charge in [-0.3, -0.25) is 4.79 Å². The van der Waals surface area contributed by atoms with Crippen molar-refractivity contribution in [1.82, 2.24) is 4.31 Å². The lowest BCUT2D eigenvalue weighted by Gasteiger charge is -2.27. The standard InChI is InChI=1S/C18H18N2O3S2/c21-18(19-11-10-14-6-4-5-9-16(14)19)17-12-24-13-20(17)25(22,23)15-7-2-1-3-8-15/h1-9,17H,10-13H2. The van der Waals surface area contributed by atoms with Crippen LogP contribution in [0.3, 0.4) is 0 Å². The summed E-state index contributed by atoms with van der Waals surface area (Å²) >= 11 is 1.48. The fourth-order valence-corrected chi connectivity index (χ4v) is 6.49. The number of rotatable bonds is 3. The highest BCUT2D eigenvalue weighted by Crippen LogP contribution is 2.33. The zero-order chi connectivity index (χ0) is 17.4. The van der Waals surface area contributed by atoms with Crippen LogP contribution in [0.4, 0.5) is 5.69 Å². The summed E-state index contributed by atoms with van der Waals surface area (Å²) in [6.45, 7) is 0.610. The maximum Gasteiger partial charge on any atom is 0.246 e. The summed E-state index contributed by atoms with van der Waals surface area (Å²) < 4.78 is 27.2. The van der Waals surface area contributed by atoms with Gasteiger partial charge in [-0.2, -0.15) is 4.31 Å². The zero-order valence-electron chi connectivity index (χ0n) is 13.5. The van der Waals surface area contributed by atoms with Crippen LogP contribution in [-0.4, -0.2) is 42.8 Å². The molecule has 2 aliphatic rings. The molecule has 1 saturated heterocycles. The molecule has 130 valence electrons. The first-order valence-corrected chi connectivity index (χ1v) is 10.7. The van der Waals surface area contributed by atoms with E-state index in [1.807, 2.05) is 24.3 Å². The second-order valence-electron chi connectivity index (χ2n) is 6.09. The van der Waals surface area contributed by atoms with Crippen molar-refractivity contribution in [2.24, 2.45) is 0 Å². The molecule has 0 radical (unpaired) electrons. The lowest BCUT2D eigenvalue weighted by Crippen LogP contribution is -2.48. The SMILES string of the molecule is O=C(C1CSCN1S(=O)(=O)c1ccccc1)N1CCc2ccccc21. The lowest BCUT2D eigenvalue weighted by atomic mass is 10.2. The van der Waals surface area contributed by atoms with E-state index in [1.165, 1.54) is 16.1 Å². The Bertz CT molecular complexity index is 900. The Morgan fingerprint density at radius 1 is 1.04 bits per heavy atom. The highest BCUT2D eigenvalue weighted by molar-refractivity contribution is 8.00. The number of carbonyl (C=O) groups excluding carboxylic acids is 1. The maximum atomic E-state index is 13.1. The average Bonchev–Trinajstić information content (AvgIpc) is 3.29. The molecule has 1 amide bonds. The molecule has 2 aromatic carbocycles. The molecule has 1 atom stereocenters. The van der Waals surface area contributed by atoms with Crippen LogP contribution in [0, 0.1) is 0 Å². The first-order valence-electron chi connectivity index (χ1n) is 8.13. The summed E-state index contributed by atoms with van der Waals surface area (Å²) in [4.78, 5) is 15.1. The molecular formula is C18H18N2O3S2. The van der Waals surface area contributed by atoms with Crippen LogP contribution in [0.25, 0.3) is 0 Å². The van der Waals surface area contributed by atoms with Gasteiger partial charge in [0.1, 0.15) is 6.04 Å². The van der Waals surface area contributed by atoms with Crippen molar-refractivity contribution in [3.63, 3.8) is 0 Å². The van der Waals surface area contributed by atoms with Crippen LogP contribution < -0.4 is 4.90 Å². The number of carbonyl (C=O) groups is 1. The minimum absolute atomic E-state index is 0.130. The van der Waals surface area contributed by atoms with Gasteiger partial charge in [0.15, 0.2) is 0 Å². The summed E-state index contributed by atoms with van der Waals surface area (Å²) in [7, 11) is -3.67. The Morgan fingerprint density at radius 2 is 1.76 bits per heavy atom. The molecule has 2 heterocycles. The van der Waals surface area contributed by atoms with E-state index in [-0.39, 0.29) is 10.8 Å². The number of para-hydroxylation sites is 1. The minimum Gasteiger partial charge on any atom is -0.310 e. The molecule has 0 spiro atoms.